The molecule has 14 heavy (non-hydrogen) atoms. The highest BCUT2D eigenvalue weighted by Gasteiger charge is 2.28. The third-order valence-corrected chi connectivity index (χ3v) is 4.41. The second-order valence-electron chi connectivity index (χ2n) is 5.80. The van der Waals surface area contributed by atoms with Crippen LogP contribution >= 0.6 is 0 Å². The highest BCUT2D eigenvalue weighted by atomic mass is 14.3. The Kier molecular flexibility index (Phi) is 3.52. The summed E-state index contributed by atoms with van der Waals surface area (Å²) < 4.78 is 0. The fraction of sp³-hybridized carbons (Fsp3) is 0.929. The summed E-state index contributed by atoms with van der Waals surface area (Å²) in [6.07, 6.45) is 17.4. The lowest BCUT2D eigenvalue weighted by Crippen LogP contribution is -2.21. The summed E-state index contributed by atoms with van der Waals surface area (Å²) in [5.74, 6) is 1.05. The molecule has 0 aliphatic heterocycles. The van der Waals surface area contributed by atoms with Gasteiger partial charge in [-0.15, -0.1) is 0 Å². The molecule has 2 fully saturated rings. The summed E-state index contributed by atoms with van der Waals surface area (Å²) in [6, 6.07) is 0. The lowest BCUT2D eigenvalue weighted by atomic mass is 9.72. The van der Waals surface area contributed by atoms with Crippen molar-refractivity contribution >= 4 is 0 Å². The number of rotatable bonds is 3. The van der Waals surface area contributed by atoms with Gasteiger partial charge in [0.1, 0.15) is 0 Å². The topological polar surface area (TPSA) is 0 Å². The molecule has 0 amide bonds. The summed E-state index contributed by atoms with van der Waals surface area (Å²) in [5.41, 5.74) is 0.612. The largest absolute Gasteiger partial charge is 0.0594 e. The summed E-state index contributed by atoms with van der Waals surface area (Å²) >= 11 is 0. The van der Waals surface area contributed by atoms with E-state index in [9.17, 15) is 0 Å². The van der Waals surface area contributed by atoms with Gasteiger partial charge < -0.3 is 0 Å². The summed E-state index contributed by atoms with van der Waals surface area (Å²) in [6.45, 7) is 2.49. The minimum absolute atomic E-state index is 0.612. The van der Waals surface area contributed by atoms with E-state index in [1.165, 1.54) is 64.2 Å². The van der Waals surface area contributed by atoms with Crippen LogP contribution in [-0.2, 0) is 0 Å². The predicted octanol–water partition coefficient (Wildman–Crippen LogP) is 4.74. The van der Waals surface area contributed by atoms with Gasteiger partial charge in [-0.25, -0.2) is 0 Å². The van der Waals surface area contributed by atoms with E-state index >= 15 is 0 Å². The molecule has 81 valence electrons. The van der Waals surface area contributed by atoms with Crippen LogP contribution in [0.15, 0.2) is 0 Å². The molecule has 0 unspecified atom stereocenters. The molecule has 2 rings (SSSR count). The van der Waals surface area contributed by atoms with Gasteiger partial charge in [0.2, 0.25) is 0 Å². The molecular formula is C14H25. The van der Waals surface area contributed by atoms with Gasteiger partial charge >= 0.3 is 0 Å². The molecule has 2 aliphatic carbocycles. The fourth-order valence-corrected chi connectivity index (χ4v) is 3.26. The van der Waals surface area contributed by atoms with E-state index in [0.29, 0.717) is 5.41 Å². The maximum atomic E-state index is 2.68. The van der Waals surface area contributed by atoms with Crippen molar-refractivity contribution in [3.63, 3.8) is 0 Å². The zero-order chi connectivity index (χ0) is 9.86. The van der Waals surface area contributed by atoms with Crippen molar-refractivity contribution in [3.8, 4) is 0 Å². The second kappa shape index (κ2) is 4.68. The van der Waals surface area contributed by atoms with Crippen molar-refractivity contribution in [1.29, 1.82) is 0 Å². The quantitative estimate of drug-likeness (QED) is 0.607. The van der Waals surface area contributed by atoms with Crippen LogP contribution in [0.25, 0.3) is 0 Å². The first-order chi connectivity index (χ1) is 6.79. The van der Waals surface area contributed by atoms with E-state index < -0.39 is 0 Å². The Morgan fingerprint density at radius 1 is 1.00 bits per heavy atom. The van der Waals surface area contributed by atoms with Gasteiger partial charge in [0.25, 0.3) is 0 Å². The van der Waals surface area contributed by atoms with Gasteiger partial charge in [0.15, 0.2) is 0 Å². The van der Waals surface area contributed by atoms with Crippen molar-refractivity contribution in [1.82, 2.24) is 0 Å². The highest BCUT2D eigenvalue weighted by Crippen LogP contribution is 2.41. The van der Waals surface area contributed by atoms with Crippen molar-refractivity contribution in [3.05, 3.63) is 6.42 Å². The van der Waals surface area contributed by atoms with E-state index in [2.05, 4.69) is 13.3 Å². The van der Waals surface area contributed by atoms with E-state index in [-0.39, 0.29) is 0 Å². The van der Waals surface area contributed by atoms with Crippen LogP contribution in [0.2, 0.25) is 0 Å². The molecule has 0 saturated heterocycles. The number of hydrogen-bond donors (Lipinski definition) is 0. The van der Waals surface area contributed by atoms with Crippen LogP contribution in [0, 0.1) is 17.8 Å². The van der Waals surface area contributed by atoms with E-state index in [1.807, 2.05) is 0 Å². The van der Waals surface area contributed by atoms with Crippen LogP contribution in [0.1, 0.15) is 71.1 Å². The van der Waals surface area contributed by atoms with Gasteiger partial charge in [-0.2, -0.15) is 0 Å². The fourth-order valence-electron chi connectivity index (χ4n) is 3.26. The first-order valence-electron chi connectivity index (χ1n) is 6.63. The highest BCUT2D eigenvalue weighted by molar-refractivity contribution is 4.92. The molecule has 0 bridgehead atoms. The number of hydrogen-bond acceptors (Lipinski definition) is 0. The lowest BCUT2D eigenvalue weighted by molar-refractivity contribution is 0.246. The van der Waals surface area contributed by atoms with Crippen molar-refractivity contribution in [2.45, 2.75) is 71.1 Å². The summed E-state index contributed by atoms with van der Waals surface area (Å²) in [4.78, 5) is 0. The minimum Gasteiger partial charge on any atom is -0.0594 e. The lowest BCUT2D eigenvalue weighted by Gasteiger charge is -2.34. The molecule has 0 N–H and O–H groups in total. The molecule has 2 saturated carbocycles. The van der Waals surface area contributed by atoms with E-state index in [4.69, 9.17) is 0 Å². The third-order valence-electron chi connectivity index (χ3n) is 4.41. The molecule has 0 aromatic rings. The van der Waals surface area contributed by atoms with Gasteiger partial charge in [0, 0.05) is 0 Å². The van der Waals surface area contributed by atoms with E-state index in [1.54, 1.807) is 0 Å². The van der Waals surface area contributed by atoms with Crippen LogP contribution in [0.5, 0.6) is 0 Å². The Labute approximate surface area is 89.5 Å². The standard InChI is InChI=1S/C14H25/c1-14(10-5-2-6-11-14)12-9-13-7-3-4-8-13/h12-13H,2-11H2,1H3. The maximum Gasteiger partial charge on any atom is -0.0295 e. The predicted molar refractivity (Wildman–Crippen MR) is 62.1 cm³/mol. The SMILES string of the molecule is CC1([CH]CC2CCCC2)CCCCC1. The average Bonchev–Trinajstić information content (AvgIpc) is 2.69. The Balaban J connectivity index is 1.72. The van der Waals surface area contributed by atoms with Crippen molar-refractivity contribution < 1.29 is 0 Å². The molecule has 1 radical (unpaired) electrons. The molecular weight excluding hydrogens is 168 g/mol. The molecule has 0 atom stereocenters. The van der Waals surface area contributed by atoms with E-state index in [0.717, 1.165) is 5.92 Å². The molecule has 0 heteroatoms. The third kappa shape index (κ3) is 2.74. The van der Waals surface area contributed by atoms with Gasteiger partial charge in [-0.05, 0) is 37.0 Å². The average molecular weight is 193 g/mol. The first kappa shape index (κ1) is 10.5. The van der Waals surface area contributed by atoms with Crippen LogP contribution in [0.4, 0.5) is 0 Å². The molecule has 0 spiro atoms. The Morgan fingerprint density at radius 2 is 1.64 bits per heavy atom. The molecule has 0 nitrogen and oxygen atoms in total. The summed E-state index contributed by atoms with van der Waals surface area (Å²) in [5, 5.41) is 0. The summed E-state index contributed by atoms with van der Waals surface area (Å²) in [7, 11) is 0. The van der Waals surface area contributed by atoms with Crippen molar-refractivity contribution in [2.24, 2.45) is 11.3 Å². The molecule has 2 aliphatic rings. The normalized spacial score (nSPS) is 28.1. The zero-order valence-electron chi connectivity index (χ0n) is 9.73. The van der Waals surface area contributed by atoms with Crippen molar-refractivity contribution in [2.75, 3.05) is 0 Å². The molecule has 0 heterocycles. The van der Waals surface area contributed by atoms with Gasteiger partial charge in [-0.1, -0.05) is 51.9 Å². The van der Waals surface area contributed by atoms with Crippen LogP contribution in [0.3, 0.4) is 0 Å². The maximum absolute atomic E-state index is 2.68. The minimum atomic E-state index is 0.612. The Hall–Kier alpha value is 0. The van der Waals surface area contributed by atoms with Gasteiger partial charge in [0.05, 0.1) is 0 Å². The monoisotopic (exact) mass is 193 g/mol. The molecule has 0 aromatic carbocycles. The molecule has 0 aromatic heterocycles. The Bertz CT molecular complexity index is 159. The van der Waals surface area contributed by atoms with Gasteiger partial charge in [-0.3, -0.25) is 0 Å². The first-order valence-corrected chi connectivity index (χ1v) is 6.63. The Morgan fingerprint density at radius 3 is 2.29 bits per heavy atom. The second-order valence-corrected chi connectivity index (χ2v) is 5.80. The smallest absolute Gasteiger partial charge is 0.0295 e. The zero-order valence-corrected chi connectivity index (χ0v) is 9.73. The van der Waals surface area contributed by atoms with Crippen LogP contribution in [-0.4, -0.2) is 0 Å². The van der Waals surface area contributed by atoms with Crippen LogP contribution < -0.4 is 0 Å².